The molecule has 2 heterocycles. The fraction of sp³-hybridized carbons (Fsp3) is 0.750. The van der Waals surface area contributed by atoms with Gasteiger partial charge in [-0.25, -0.2) is 13.1 Å². The maximum atomic E-state index is 11.9. The predicted molar refractivity (Wildman–Crippen MR) is 78.0 cm³/mol. The minimum atomic E-state index is -3.19. The zero-order valence-electron chi connectivity index (χ0n) is 11.9. The summed E-state index contributed by atoms with van der Waals surface area (Å²) in [5, 5.41) is 7.31. The van der Waals surface area contributed by atoms with E-state index in [-0.39, 0.29) is 5.75 Å². The van der Waals surface area contributed by atoms with Crippen molar-refractivity contribution >= 4 is 10.0 Å². The Labute approximate surface area is 120 Å². The van der Waals surface area contributed by atoms with Gasteiger partial charge in [-0.3, -0.25) is 9.58 Å². The molecular weight excluding hydrogens is 278 g/mol. The topological polar surface area (TPSA) is 79.3 Å². The number of aryl methyl sites for hydroxylation is 1. The molecule has 1 aromatic rings. The van der Waals surface area contributed by atoms with Crippen LogP contribution < -0.4 is 10.0 Å². The maximum Gasteiger partial charge on any atom is 0.212 e. The van der Waals surface area contributed by atoms with Crippen LogP contribution in [0.25, 0.3) is 0 Å². The van der Waals surface area contributed by atoms with E-state index in [9.17, 15) is 8.42 Å². The van der Waals surface area contributed by atoms with E-state index >= 15 is 0 Å². The van der Waals surface area contributed by atoms with Gasteiger partial charge in [-0.05, 0) is 6.07 Å². The molecule has 114 valence electrons. The number of aromatic nitrogens is 2. The van der Waals surface area contributed by atoms with Gasteiger partial charge >= 0.3 is 0 Å². The van der Waals surface area contributed by atoms with Crippen LogP contribution in [0.2, 0.25) is 0 Å². The van der Waals surface area contributed by atoms with E-state index in [0.29, 0.717) is 19.5 Å². The molecule has 1 aliphatic heterocycles. The largest absolute Gasteiger partial charge is 0.314 e. The third kappa shape index (κ3) is 4.86. The van der Waals surface area contributed by atoms with E-state index in [4.69, 9.17) is 0 Å². The van der Waals surface area contributed by atoms with Crippen LogP contribution >= 0.6 is 0 Å². The highest BCUT2D eigenvalue weighted by molar-refractivity contribution is 7.89. The van der Waals surface area contributed by atoms with Crippen LogP contribution in [0.1, 0.15) is 5.69 Å². The second kappa shape index (κ2) is 7.16. The summed E-state index contributed by atoms with van der Waals surface area (Å²) in [5.74, 6) is 0.165. The van der Waals surface area contributed by atoms with Gasteiger partial charge in [-0.1, -0.05) is 0 Å². The molecule has 2 rings (SSSR count). The molecule has 0 radical (unpaired) electrons. The van der Waals surface area contributed by atoms with E-state index in [2.05, 4.69) is 20.0 Å². The molecule has 0 amide bonds. The van der Waals surface area contributed by atoms with E-state index in [1.165, 1.54) is 0 Å². The first-order valence-electron chi connectivity index (χ1n) is 6.94. The molecule has 1 aromatic heterocycles. The molecule has 0 bridgehead atoms. The summed E-state index contributed by atoms with van der Waals surface area (Å²) in [4.78, 5) is 2.18. The molecule has 0 atom stereocenters. The Morgan fingerprint density at radius 2 is 2.15 bits per heavy atom. The summed E-state index contributed by atoms with van der Waals surface area (Å²) in [6.45, 7) is 4.74. The lowest BCUT2D eigenvalue weighted by atomic mass is 10.3. The fourth-order valence-electron chi connectivity index (χ4n) is 2.24. The van der Waals surface area contributed by atoms with Crippen LogP contribution in [0.15, 0.2) is 12.3 Å². The highest BCUT2D eigenvalue weighted by Crippen LogP contribution is 1.98. The van der Waals surface area contributed by atoms with Crippen molar-refractivity contribution in [3.8, 4) is 0 Å². The van der Waals surface area contributed by atoms with Crippen LogP contribution in [0.4, 0.5) is 0 Å². The lowest BCUT2D eigenvalue weighted by molar-refractivity contribution is 0.253. The van der Waals surface area contributed by atoms with Gasteiger partial charge in [0.05, 0.1) is 5.75 Å². The Balaban J connectivity index is 1.69. The number of nitrogens with one attached hydrogen (secondary N) is 2. The van der Waals surface area contributed by atoms with Crippen LogP contribution in [0.5, 0.6) is 0 Å². The number of hydrogen-bond acceptors (Lipinski definition) is 5. The van der Waals surface area contributed by atoms with E-state index in [1.807, 2.05) is 13.1 Å². The molecule has 8 heteroatoms. The third-order valence-corrected chi connectivity index (χ3v) is 4.88. The summed E-state index contributed by atoms with van der Waals surface area (Å²) in [6.07, 6.45) is 2.37. The zero-order valence-corrected chi connectivity index (χ0v) is 12.7. The van der Waals surface area contributed by atoms with Gasteiger partial charge in [-0.15, -0.1) is 0 Å². The van der Waals surface area contributed by atoms with Crippen LogP contribution in [-0.4, -0.2) is 68.1 Å². The number of rotatable bonds is 7. The highest BCUT2D eigenvalue weighted by Gasteiger charge is 2.15. The van der Waals surface area contributed by atoms with Crippen molar-refractivity contribution in [2.75, 3.05) is 45.0 Å². The molecule has 0 spiro atoms. The highest BCUT2D eigenvalue weighted by atomic mass is 32.2. The predicted octanol–water partition coefficient (Wildman–Crippen LogP) is -1.21. The lowest BCUT2D eigenvalue weighted by Gasteiger charge is -2.26. The zero-order chi connectivity index (χ0) is 14.4. The third-order valence-electron chi connectivity index (χ3n) is 3.51. The normalized spacial score (nSPS) is 17.4. The Kier molecular flexibility index (Phi) is 5.53. The van der Waals surface area contributed by atoms with Crippen LogP contribution in [0, 0.1) is 0 Å². The minimum Gasteiger partial charge on any atom is -0.314 e. The standard InChI is InChI=1S/C12H23N5O2S/c1-16-12(2-4-14-16)3-5-15-20(18,19)11-10-17-8-6-13-7-9-17/h2,4,13,15H,3,5-11H2,1H3. The van der Waals surface area contributed by atoms with Gasteiger partial charge in [0.15, 0.2) is 0 Å². The molecule has 0 aliphatic carbocycles. The summed E-state index contributed by atoms with van der Waals surface area (Å²) in [6, 6.07) is 1.90. The number of nitrogens with zero attached hydrogens (tertiary/aromatic N) is 3. The van der Waals surface area contributed by atoms with Crippen molar-refractivity contribution in [1.82, 2.24) is 24.7 Å². The Morgan fingerprint density at radius 3 is 2.80 bits per heavy atom. The summed E-state index contributed by atoms with van der Waals surface area (Å²) in [7, 11) is -1.33. The smallest absolute Gasteiger partial charge is 0.212 e. The first-order valence-corrected chi connectivity index (χ1v) is 8.59. The van der Waals surface area contributed by atoms with E-state index < -0.39 is 10.0 Å². The molecule has 0 saturated carbocycles. The molecule has 2 N–H and O–H groups in total. The van der Waals surface area contributed by atoms with Gasteiger partial charge < -0.3 is 5.32 Å². The molecule has 1 saturated heterocycles. The van der Waals surface area contributed by atoms with Crippen LogP contribution in [-0.2, 0) is 23.5 Å². The minimum absolute atomic E-state index is 0.165. The Morgan fingerprint density at radius 1 is 1.40 bits per heavy atom. The number of piperazine rings is 1. The number of hydrogen-bond donors (Lipinski definition) is 2. The molecular formula is C12H23N5O2S. The van der Waals surface area contributed by atoms with Gasteiger partial charge in [0.25, 0.3) is 0 Å². The van der Waals surface area contributed by atoms with Gasteiger partial charge in [0.1, 0.15) is 0 Å². The van der Waals surface area contributed by atoms with Crippen molar-refractivity contribution in [1.29, 1.82) is 0 Å². The Hall–Kier alpha value is -0.960. The van der Waals surface area contributed by atoms with Crippen LogP contribution in [0.3, 0.4) is 0 Å². The van der Waals surface area contributed by atoms with Crippen molar-refractivity contribution in [3.63, 3.8) is 0 Å². The Bertz CT molecular complexity index is 508. The summed E-state index contributed by atoms with van der Waals surface area (Å²) in [5.41, 5.74) is 1.02. The number of sulfonamides is 1. The van der Waals surface area contributed by atoms with E-state index in [0.717, 1.165) is 31.9 Å². The quantitative estimate of drug-likeness (QED) is 0.660. The van der Waals surface area contributed by atoms with E-state index in [1.54, 1.807) is 10.9 Å². The molecule has 1 fully saturated rings. The van der Waals surface area contributed by atoms with Crippen molar-refractivity contribution in [3.05, 3.63) is 18.0 Å². The van der Waals surface area contributed by atoms with Crippen molar-refractivity contribution < 1.29 is 8.42 Å². The second-order valence-corrected chi connectivity index (χ2v) is 6.93. The lowest BCUT2D eigenvalue weighted by Crippen LogP contribution is -2.46. The molecule has 1 aliphatic rings. The van der Waals surface area contributed by atoms with Crippen molar-refractivity contribution in [2.45, 2.75) is 6.42 Å². The molecule has 0 aromatic carbocycles. The first kappa shape index (κ1) is 15.4. The molecule has 7 nitrogen and oxygen atoms in total. The van der Waals surface area contributed by atoms with Gasteiger partial charge in [0, 0.05) is 64.6 Å². The molecule has 20 heavy (non-hydrogen) atoms. The van der Waals surface area contributed by atoms with Crippen molar-refractivity contribution in [2.24, 2.45) is 7.05 Å². The maximum absolute atomic E-state index is 11.9. The fourth-order valence-corrected chi connectivity index (χ4v) is 3.29. The average molecular weight is 301 g/mol. The van der Waals surface area contributed by atoms with Gasteiger partial charge in [0.2, 0.25) is 10.0 Å². The van der Waals surface area contributed by atoms with Gasteiger partial charge in [-0.2, -0.15) is 5.10 Å². The molecule has 0 unspecified atom stereocenters. The second-order valence-electron chi connectivity index (χ2n) is 5.00. The first-order chi connectivity index (χ1) is 9.57. The SMILES string of the molecule is Cn1nccc1CCNS(=O)(=O)CCN1CCNCC1. The monoisotopic (exact) mass is 301 g/mol. The summed E-state index contributed by atoms with van der Waals surface area (Å²) < 4.78 is 28.2. The summed E-state index contributed by atoms with van der Waals surface area (Å²) >= 11 is 0. The average Bonchev–Trinajstić information content (AvgIpc) is 2.83.